The second-order valence-electron chi connectivity index (χ2n) is 14.8. The van der Waals surface area contributed by atoms with Crippen molar-refractivity contribution in [1.82, 2.24) is 24.1 Å². The van der Waals surface area contributed by atoms with E-state index in [4.69, 9.17) is 15.0 Å². The van der Waals surface area contributed by atoms with Crippen LogP contribution >= 0.6 is 23.1 Å². The van der Waals surface area contributed by atoms with Crippen molar-refractivity contribution in [2.45, 2.75) is 9.79 Å². The summed E-state index contributed by atoms with van der Waals surface area (Å²) in [6.45, 7) is 0. The Morgan fingerprint density at radius 3 is 1.98 bits per heavy atom. The topological polar surface area (TPSA) is 48.5 Å². The van der Waals surface area contributed by atoms with E-state index < -0.39 is 0 Å². The first-order valence-electron chi connectivity index (χ1n) is 19.4. The van der Waals surface area contributed by atoms with Crippen molar-refractivity contribution < 1.29 is 0 Å². The van der Waals surface area contributed by atoms with Gasteiger partial charge in [-0.05, 0) is 65.4 Å². The number of fused-ring (bicyclic) bond motifs is 11. The van der Waals surface area contributed by atoms with Gasteiger partial charge in [0.05, 0.1) is 16.7 Å². The second-order valence-corrected chi connectivity index (χ2v) is 17.0. The molecule has 13 rings (SSSR count). The summed E-state index contributed by atoms with van der Waals surface area (Å²) in [6.07, 6.45) is 0. The molecule has 0 fully saturated rings. The third-order valence-corrected chi connectivity index (χ3v) is 13.8. The predicted octanol–water partition coefficient (Wildman–Crippen LogP) is 13.9. The monoisotopic (exact) mass is 775 g/mol. The van der Waals surface area contributed by atoms with Gasteiger partial charge in [0.2, 0.25) is 0 Å². The summed E-state index contributed by atoms with van der Waals surface area (Å²) >= 11 is 3.66. The van der Waals surface area contributed by atoms with Crippen LogP contribution in [0.2, 0.25) is 0 Å². The number of para-hydroxylation sites is 3. The quantitative estimate of drug-likeness (QED) is 0.179. The average Bonchev–Trinajstić information content (AvgIpc) is 3.94. The summed E-state index contributed by atoms with van der Waals surface area (Å²) in [5, 5.41) is 8.59. The Bertz CT molecular complexity index is 3670. The highest BCUT2D eigenvalue weighted by molar-refractivity contribution is 7.99. The Hall–Kier alpha value is -7.06. The molecule has 0 N–H and O–H groups in total. The smallest absolute Gasteiger partial charge is 0.164 e. The van der Waals surface area contributed by atoms with Crippen LogP contribution in [0, 0.1) is 0 Å². The number of hydrogen-bond donors (Lipinski definition) is 0. The molecule has 270 valence electrons. The van der Waals surface area contributed by atoms with Gasteiger partial charge >= 0.3 is 0 Å². The Labute approximate surface area is 340 Å². The van der Waals surface area contributed by atoms with Gasteiger partial charge in [0.15, 0.2) is 17.5 Å². The maximum atomic E-state index is 5.18. The summed E-state index contributed by atoms with van der Waals surface area (Å²) in [5.74, 6) is 1.95. The van der Waals surface area contributed by atoms with Gasteiger partial charge in [-0.2, -0.15) is 0 Å². The molecular formula is C51H29N5S2. The number of benzene rings is 8. The molecule has 5 heterocycles. The molecule has 0 radical (unpaired) electrons. The zero-order valence-electron chi connectivity index (χ0n) is 30.8. The molecule has 5 nitrogen and oxygen atoms in total. The molecule has 0 aliphatic carbocycles. The molecule has 12 aromatic rings. The van der Waals surface area contributed by atoms with Crippen LogP contribution in [0.1, 0.15) is 0 Å². The van der Waals surface area contributed by atoms with E-state index in [0.29, 0.717) is 17.5 Å². The van der Waals surface area contributed by atoms with Crippen LogP contribution in [-0.4, -0.2) is 24.1 Å². The first-order valence-corrected chi connectivity index (χ1v) is 21.0. The lowest BCUT2D eigenvalue weighted by Gasteiger charge is -2.21. The van der Waals surface area contributed by atoms with E-state index in [9.17, 15) is 0 Å². The van der Waals surface area contributed by atoms with E-state index in [0.717, 1.165) is 33.2 Å². The first-order chi connectivity index (χ1) is 28.7. The number of rotatable bonds is 4. The minimum absolute atomic E-state index is 0.644. The van der Waals surface area contributed by atoms with Crippen molar-refractivity contribution in [3.8, 4) is 45.5 Å². The Morgan fingerprint density at radius 2 is 1.09 bits per heavy atom. The fraction of sp³-hybridized carbons (Fsp3) is 0. The third-order valence-electron chi connectivity index (χ3n) is 11.5. The van der Waals surface area contributed by atoms with Crippen LogP contribution in [0.15, 0.2) is 186 Å². The van der Waals surface area contributed by atoms with E-state index in [1.807, 2.05) is 30.0 Å². The summed E-state index contributed by atoms with van der Waals surface area (Å²) in [4.78, 5) is 17.9. The summed E-state index contributed by atoms with van der Waals surface area (Å²) < 4.78 is 7.43. The molecule has 4 aromatic heterocycles. The zero-order chi connectivity index (χ0) is 37.9. The van der Waals surface area contributed by atoms with Gasteiger partial charge in [-0.15, -0.1) is 11.3 Å². The SMILES string of the molecule is c1ccc(-c2nc(-c3ccc4ccc(-n5c6ccccc6c6c7cccc8c7n(c65)-c5ccccc5S8)cc4c3)nc(-c3ccc4c(c3)sc3ccccc34)n2)cc1. The lowest BCUT2D eigenvalue weighted by Crippen LogP contribution is -2.05. The van der Waals surface area contributed by atoms with Crippen LogP contribution in [0.5, 0.6) is 0 Å². The Morgan fingerprint density at radius 1 is 0.414 bits per heavy atom. The fourth-order valence-corrected chi connectivity index (χ4v) is 11.2. The molecule has 0 bridgehead atoms. The Kier molecular flexibility index (Phi) is 6.76. The largest absolute Gasteiger partial charge is 0.295 e. The molecular weight excluding hydrogens is 747 g/mol. The van der Waals surface area contributed by atoms with E-state index in [1.54, 1.807) is 11.3 Å². The van der Waals surface area contributed by atoms with E-state index in [2.05, 4.69) is 167 Å². The maximum absolute atomic E-state index is 5.18. The maximum Gasteiger partial charge on any atom is 0.164 e. The third kappa shape index (κ3) is 4.69. The molecule has 7 heteroatoms. The van der Waals surface area contributed by atoms with Gasteiger partial charge in [0, 0.05) is 68.5 Å². The fourth-order valence-electron chi connectivity index (χ4n) is 8.92. The van der Waals surface area contributed by atoms with Crippen molar-refractivity contribution in [3.05, 3.63) is 176 Å². The number of thiophene rings is 1. The van der Waals surface area contributed by atoms with Gasteiger partial charge in [-0.3, -0.25) is 9.13 Å². The summed E-state index contributed by atoms with van der Waals surface area (Å²) in [6, 6.07) is 63.0. The van der Waals surface area contributed by atoms with Gasteiger partial charge in [0.1, 0.15) is 5.65 Å². The molecule has 0 saturated heterocycles. The van der Waals surface area contributed by atoms with Crippen LogP contribution in [0.25, 0.3) is 109 Å². The Balaban J connectivity index is 1.01. The van der Waals surface area contributed by atoms with Crippen molar-refractivity contribution in [2.24, 2.45) is 0 Å². The van der Waals surface area contributed by atoms with Gasteiger partial charge in [-0.25, -0.2) is 15.0 Å². The molecule has 0 saturated carbocycles. The molecule has 1 aliphatic heterocycles. The van der Waals surface area contributed by atoms with Crippen molar-refractivity contribution in [2.75, 3.05) is 0 Å². The first kappa shape index (κ1) is 32.1. The van der Waals surface area contributed by atoms with Crippen molar-refractivity contribution in [1.29, 1.82) is 0 Å². The summed E-state index contributed by atoms with van der Waals surface area (Å²) in [5.41, 5.74) is 8.80. The second kappa shape index (κ2) is 12.2. The van der Waals surface area contributed by atoms with Gasteiger partial charge < -0.3 is 0 Å². The van der Waals surface area contributed by atoms with Crippen molar-refractivity contribution in [3.63, 3.8) is 0 Å². The molecule has 1 aliphatic rings. The molecule has 0 atom stereocenters. The highest BCUT2D eigenvalue weighted by Gasteiger charge is 2.27. The van der Waals surface area contributed by atoms with Gasteiger partial charge in [-0.1, -0.05) is 133 Å². The predicted molar refractivity (Wildman–Crippen MR) is 242 cm³/mol. The normalized spacial score (nSPS) is 12.4. The lowest BCUT2D eigenvalue weighted by atomic mass is 10.1. The molecule has 8 aromatic carbocycles. The van der Waals surface area contributed by atoms with Crippen LogP contribution in [0.3, 0.4) is 0 Å². The zero-order valence-corrected chi connectivity index (χ0v) is 32.4. The highest BCUT2D eigenvalue weighted by Crippen LogP contribution is 2.49. The van der Waals surface area contributed by atoms with Crippen LogP contribution in [-0.2, 0) is 0 Å². The lowest BCUT2D eigenvalue weighted by molar-refractivity contribution is 1.03. The van der Waals surface area contributed by atoms with Crippen LogP contribution in [0.4, 0.5) is 0 Å². The minimum atomic E-state index is 0.644. The van der Waals surface area contributed by atoms with E-state index in [-0.39, 0.29) is 0 Å². The standard InChI is InChI=1S/C51H29N5S2/c1-2-11-31(12-3-1)48-52-49(54-50(53-48)33-24-26-37-36-13-5-8-18-42(36)57-45(37)29-33)32-22-21-30-23-25-35(28-34(30)27-32)55-40-16-6-4-14-38(40)46-39-15-10-20-44-47(39)56(51(46)55)41-17-7-9-19-43(41)58-44/h1-29H. The molecule has 58 heavy (non-hydrogen) atoms. The van der Waals surface area contributed by atoms with Gasteiger partial charge in [0.25, 0.3) is 0 Å². The number of hydrogen-bond acceptors (Lipinski definition) is 5. The van der Waals surface area contributed by atoms with Crippen molar-refractivity contribution >= 4 is 86.9 Å². The van der Waals surface area contributed by atoms with E-state index >= 15 is 0 Å². The molecule has 0 amide bonds. The summed E-state index contributed by atoms with van der Waals surface area (Å²) in [7, 11) is 0. The highest BCUT2D eigenvalue weighted by atomic mass is 32.2. The average molecular weight is 776 g/mol. The molecule has 0 spiro atoms. The van der Waals surface area contributed by atoms with E-state index in [1.165, 1.54) is 68.5 Å². The van der Waals surface area contributed by atoms with Crippen LogP contribution < -0.4 is 0 Å². The minimum Gasteiger partial charge on any atom is -0.295 e. The number of aromatic nitrogens is 5. The molecule has 0 unspecified atom stereocenters. The number of nitrogens with zero attached hydrogens (tertiary/aromatic N) is 5.